The summed E-state index contributed by atoms with van der Waals surface area (Å²) in [6.45, 7) is 0. The van der Waals surface area contributed by atoms with Crippen LogP contribution in [0.25, 0.3) is 5.95 Å². The van der Waals surface area contributed by atoms with Crippen LogP contribution in [0.2, 0.25) is 0 Å². The van der Waals surface area contributed by atoms with Gasteiger partial charge in [-0.1, -0.05) is 12.1 Å². The third-order valence-corrected chi connectivity index (χ3v) is 4.06. The summed E-state index contributed by atoms with van der Waals surface area (Å²) >= 11 is 0. The number of carbonyl (C=O) groups is 3. The van der Waals surface area contributed by atoms with Gasteiger partial charge in [-0.25, -0.2) is 14.8 Å². The molecule has 3 N–H and O–H groups in total. The first-order chi connectivity index (χ1) is 15.5. The molecule has 0 saturated carbocycles. The van der Waals surface area contributed by atoms with E-state index in [4.69, 9.17) is 10.5 Å². The molecule has 0 fully saturated rings. The molecule has 164 valence electrons. The normalized spacial score (nSPS) is 11.7. The fraction of sp³-hybridized carbons (Fsp3) is 0.158. The number of anilines is 1. The van der Waals surface area contributed by atoms with Crippen LogP contribution in [0.1, 0.15) is 10.4 Å². The third kappa shape index (κ3) is 4.72. The first kappa shape index (κ1) is 22.0. The van der Waals surface area contributed by atoms with Crippen LogP contribution in [-0.4, -0.2) is 57.8 Å². The molecule has 13 nitrogen and oxygen atoms in total. The van der Waals surface area contributed by atoms with Crippen molar-refractivity contribution in [1.29, 1.82) is 0 Å². The molecule has 3 rings (SSSR count). The van der Waals surface area contributed by atoms with Crippen molar-refractivity contribution in [1.82, 2.24) is 19.7 Å². The van der Waals surface area contributed by atoms with Crippen LogP contribution < -0.4 is 15.8 Å². The zero-order valence-electron chi connectivity index (χ0n) is 17.0. The number of primary amides is 1. The van der Waals surface area contributed by atoms with E-state index in [1.165, 1.54) is 19.5 Å². The van der Waals surface area contributed by atoms with Crippen molar-refractivity contribution in [2.24, 2.45) is 16.0 Å². The van der Waals surface area contributed by atoms with Gasteiger partial charge in [-0.05, 0) is 18.2 Å². The zero-order chi connectivity index (χ0) is 23.1. The van der Waals surface area contributed by atoms with Gasteiger partial charge in [0.05, 0.1) is 26.1 Å². The first-order valence-electron chi connectivity index (χ1n) is 9.04. The predicted molar refractivity (Wildman–Crippen MR) is 110 cm³/mol. The molecular weight excluding hydrogens is 420 g/mol. The van der Waals surface area contributed by atoms with Crippen molar-refractivity contribution in [3.8, 4) is 11.7 Å². The number of nitrogens with one attached hydrogen (secondary N) is 1. The van der Waals surface area contributed by atoms with E-state index in [-0.39, 0.29) is 17.3 Å². The van der Waals surface area contributed by atoms with Crippen molar-refractivity contribution in [2.45, 2.75) is 6.04 Å². The van der Waals surface area contributed by atoms with Gasteiger partial charge in [0.25, 0.3) is 17.8 Å². The first-order valence-corrected chi connectivity index (χ1v) is 9.04. The standard InChI is InChI=1S/C19H18N8O5/c1-31-13-7-4-3-6-12(13)24-17(29)14(18(30)32-2)25-26-16-11(15(20)28)10-23-27(16)19-21-8-5-9-22-19/h3-10,14H,1-2H3,(H2,20,28)(H,24,29). The van der Waals surface area contributed by atoms with E-state index in [1.807, 2.05) is 0 Å². The van der Waals surface area contributed by atoms with Crippen LogP contribution in [0.15, 0.2) is 59.2 Å². The minimum Gasteiger partial charge on any atom is -0.495 e. The Bertz CT molecular complexity index is 1160. The Labute approximate surface area is 181 Å². The highest BCUT2D eigenvalue weighted by Crippen LogP contribution is 2.25. The molecule has 1 aromatic carbocycles. The van der Waals surface area contributed by atoms with Gasteiger partial charge < -0.3 is 20.5 Å². The predicted octanol–water partition coefficient (Wildman–Crippen LogP) is 1.03. The highest BCUT2D eigenvalue weighted by Gasteiger charge is 2.29. The molecule has 0 spiro atoms. The number of esters is 1. The van der Waals surface area contributed by atoms with Gasteiger partial charge in [-0.15, -0.1) is 5.11 Å². The molecule has 3 aromatic rings. The number of para-hydroxylation sites is 2. The van der Waals surface area contributed by atoms with E-state index >= 15 is 0 Å². The summed E-state index contributed by atoms with van der Waals surface area (Å²) in [7, 11) is 2.53. The molecule has 13 heteroatoms. The Hall–Kier alpha value is -4.68. The average molecular weight is 438 g/mol. The van der Waals surface area contributed by atoms with Crippen LogP contribution >= 0.6 is 0 Å². The molecular formula is C19H18N8O5. The topological polar surface area (TPSA) is 176 Å². The fourth-order valence-corrected chi connectivity index (χ4v) is 2.54. The van der Waals surface area contributed by atoms with Gasteiger partial charge in [-0.2, -0.15) is 14.9 Å². The molecule has 0 bridgehead atoms. The summed E-state index contributed by atoms with van der Waals surface area (Å²) in [6.07, 6.45) is 4.05. The number of azo groups is 1. The number of ether oxygens (including phenoxy) is 2. The van der Waals surface area contributed by atoms with Crippen LogP contribution in [-0.2, 0) is 14.3 Å². The third-order valence-electron chi connectivity index (χ3n) is 4.06. The zero-order valence-corrected chi connectivity index (χ0v) is 17.0. The largest absolute Gasteiger partial charge is 0.495 e. The van der Waals surface area contributed by atoms with E-state index in [2.05, 4.69) is 35.3 Å². The molecule has 0 radical (unpaired) electrons. The van der Waals surface area contributed by atoms with Gasteiger partial charge in [0, 0.05) is 12.4 Å². The molecule has 32 heavy (non-hydrogen) atoms. The van der Waals surface area contributed by atoms with Crippen LogP contribution in [0.5, 0.6) is 5.75 Å². The molecule has 0 aliphatic heterocycles. The minimum absolute atomic E-state index is 0.0713. The van der Waals surface area contributed by atoms with E-state index in [9.17, 15) is 14.4 Å². The lowest BCUT2D eigenvalue weighted by Crippen LogP contribution is -2.34. The Morgan fingerprint density at radius 3 is 2.50 bits per heavy atom. The van der Waals surface area contributed by atoms with Gasteiger partial charge >= 0.3 is 5.97 Å². The van der Waals surface area contributed by atoms with Crippen molar-refractivity contribution in [3.05, 3.63) is 54.5 Å². The Morgan fingerprint density at radius 2 is 1.84 bits per heavy atom. The van der Waals surface area contributed by atoms with Gasteiger partial charge in [0.2, 0.25) is 6.04 Å². The van der Waals surface area contributed by atoms with E-state index in [0.717, 1.165) is 18.0 Å². The SMILES string of the molecule is COC(=O)C(N=Nc1c(C(N)=O)cnn1-c1ncccn1)C(=O)Nc1ccccc1OC. The van der Waals surface area contributed by atoms with Crippen LogP contribution in [0.4, 0.5) is 11.5 Å². The van der Waals surface area contributed by atoms with Crippen molar-refractivity contribution in [3.63, 3.8) is 0 Å². The maximum absolute atomic E-state index is 12.8. The summed E-state index contributed by atoms with van der Waals surface area (Å²) in [5.74, 6) is -2.40. The summed E-state index contributed by atoms with van der Waals surface area (Å²) in [6, 6.07) is 6.47. The highest BCUT2D eigenvalue weighted by molar-refractivity contribution is 6.09. The summed E-state index contributed by atoms with van der Waals surface area (Å²) in [5, 5.41) is 14.2. The summed E-state index contributed by atoms with van der Waals surface area (Å²) in [4.78, 5) is 44.8. The maximum atomic E-state index is 12.8. The molecule has 2 heterocycles. The maximum Gasteiger partial charge on any atom is 0.342 e. The molecule has 2 aromatic heterocycles. The second-order valence-corrected chi connectivity index (χ2v) is 6.04. The molecule has 0 aliphatic rings. The van der Waals surface area contributed by atoms with Crippen molar-refractivity contribution < 1.29 is 23.9 Å². The summed E-state index contributed by atoms with van der Waals surface area (Å²) in [5.41, 5.74) is 5.57. The van der Waals surface area contributed by atoms with Gasteiger partial charge in [0.15, 0.2) is 5.82 Å². The Morgan fingerprint density at radius 1 is 1.12 bits per heavy atom. The van der Waals surface area contributed by atoms with E-state index in [0.29, 0.717) is 11.4 Å². The number of nitrogens with zero attached hydrogens (tertiary/aromatic N) is 6. The number of hydrogen-bond acceptors (Lipinski definition) is 10. The molecule has 0 saturated heterocycles. The monoisotopic (exact) mass is 438 g/mol. The molecule has 2 amide bonds. The number of benzene rings is 1. The number of carbonyl (C=O) groups excluding carboxylic acids is 3. The quantitative estimate of drug-likeness (QED) is 0.298. The van der Waals surface area contributed by atoms with Crippen molar-refractivity contribution >= 4 is 29.3 Å². The highest BCUT2D eigenvalue weighted by atomic mass is 16.5. The lowest BCUT2D eigenvalue weighted by Gasteiger charge is -2.12. The number of rotatable bonds is 8. The fourth-order valence-electron chi connectivity index (χ4n) is 2.54. The van der Waals surface area contributed by atoms with Gasteiger partial charge in [0.1, 0.15) is 11.3 Å². The number of amides is 2. The average Bonchev–Trinajstić information content (AvgIpc) is 3.24. The van der Waals surface area contributed by atoms with Crippen LogP contribution in [0.3, 0.4) is 0 Å². The molecule has 0 aliphatic carbocycles. The lowest BCUT2D eigenvalue weighted by molar-refractivity contribution is -0.144. The smallest absolute Gasteiger partial charge is 0.342 e. The Balaban J connectivity index is 1.97. The lowest BCUT2D eigenvalue weighted by atomic mass is 10.2. The van der Waals surface area contributed by atoms with Gasteiger partial charge in [-0.3, -0.25) is 9.59 Å². The van der Waals surface area contributed by atoms with E-state index in [1.54, 1.807) is 30.3 Å². The number of nitrogens with two attached hydrogens (primary N) is 1. The number of methoxy groups -OCH3 is 2. The van der Waals surface area contributed by atoms with Crippen molar-refractivity contribution in [2.75, 3.05) is 19.5 Å². The second kappa shape index (κ2) is 9.88. The number of hydrogen-bond donors (Lipinski definition) is 2. The minimum atomic E-state index is -1.70. The molecule has 1 atom stereocenters. The summed E-state index contributed by atoms with van der Waals surface area (Å²) < 4.78 is 10.9. The van der Waals surface area contributed by atoms with Crippen LogP contribution in [0, 0.1) is 0 Å². The second-order valence-electron chi connectivity index (χ2n) is 6.04. The Kier molecular flexibility index (Phi) is 6.80. The molecule has 1 unspecified atom stereocenters. The van der Waals surface area contributed by atoms with E-state index < -0.39 is 23.8 Å². The number of aromatic nitrogens is 4.